The zero-order chi connectivity index (χ0) is 23.1. The van der Waals surface area contributed by atoms with Gasteiger partial charge in [0.1, 0.15) is 0 Å². The molecule has 0 aliphatic carbocycles. The molecular formula is C25H25N5O2S. The Hall–Kier alpha value is -3.52. The summed E-state index contributed by atoms with van der Waals surface area (Å²) in [7, 11) is 0. The van der Waals surface area contributed by atoms with Gasteiger partial charge in [0.25, 0.3) is 5.91 Å². The number of pyridine rings is 1. The van der Waals surface area contributed by atoms with Gasteiger partial charge in [-0.05, 0) is 68.5 Å². The number of aromatic nitrogens is 3. The van der Waals surface area contributed by atoms with Crippen LogP contribution in [0.15, 0.2) is 48.0 Å². The first-order chi connectivity index (χ1) is 15.9. The van der Waals surface area contributed by atoms with Crippen molar-refractivity contribution in [2.24, 2.45) is 0 Å². The van der Waals surface area contributed by atoms with Crippen LogP contribution in [0.25, 0.3) is 21.6 Å². The van der Waals surface area contributed by atoms with Gasteiger partial charge in [-0.3, -0.25) is 9.59 Å². The molecule has 168 valence electrons. The second-order valence-corrected chi connectivity index (χ2v) is 9.50. The van der Waals surface area contributed by atoms with E-state index in [1.165, 1.54) is 0 Å². The van der Waals surface area contributed by atoms with Crippen molar-refractivity contribution >= 4 is 45.6 Å². The van der Waals surface area contributed by atoms with E-state index in [0.29, 0.717) is 23.3 Å². The zero-order valence-electron chi connectivity index (χ0n) is 18.8. The molecule has 1 fully saturated rings. The minimum absolute atomic E-state index is 0.119. The van der Waals surface area contributed by atoms with Crippen LogP contribution in [-0.4, -0.2) is 33.1 Å². The number of carbonyl (C=O) groups excluding carboxylic acids is 2. The highest BCUT2D eigenvalue weighted by atomic mass is 32.1. The van der Waals surface area contributed by atoms with Crippen molar-refractivity contribution in [2.45, 2.75) is 39.7 Å². The topological polar surface area (TPSA) is 80.1 Å². The van der Waals surface area contributed by atoms with Gasteiger partial charge in [-0.15, -0.1) is 11.3 Å². The third-order valence-electron chi connectivity index (χ3n) is 5.89. The number of thiophene rings is 1. The van der Waals surface area contributed by atoms with Crippen LogP contribution in [0, 0.1) is 6.92 Å². The van der Waals surface area contributed by atoms with Crippen LogP contribution in [0.5, 0.6) is 0 Å². The Morgan fingerprint density at radius 3 is 2.73 bits per heavy atom. The molecule has 0 spiro atoms. The quantitative estimate of drug-likeness (QED) is 0.432. The Balaban J connectivity index is 1.50. The Bertz CT molecular complexity index is 1360. The zero-order valence-corrected chi connectivity index (χ0v) is 19.6. The number of nitrogens with zero attached hydrogens (tertiary/aromatic N) is 4. The van der Waals surface area contributed by atoms with Crippen molar-refractivity contribution in [3.05, 3.63) is 59.1 Å². The Morgan fingerprint density at radius 1 is 1.21 bits per heavy atom. The maximum absolute atomic E-state index is 13.4. The summed E-state index contributed by atoms with van der Waals surface area (Å²) in [5.41, 5.74) is 4.53. The Labute approximate surface area is 196 Å². The molecule has 0 atom stereocenters. The molecule has 0 saturated carbocycles. The molecule has 1 N–H and O–H groups in total. The summed E-state index contributed by atoms with van der Waals surface area (Å²) in [5, 5.41) is 10.2. The van der Waals surface area contributed by atoms with Gasteiger partial charge in [-0.1, -0.05) is 6.07 Å². The number of hydrogen-bond donors (Lipinski definition) is 1. The van der Waals surface area contributed by atoms with E-state index in [-0.39, 0.29) is 17.9 Å². The van der Waals surface area contributed by atoms with Gasteiger partial charge < -0.3 is 10.2 Å². The molecule has 1 aliphatic rings. The number of amides is 2. The Morgan fingerprint density at radius 2 is 2.06 bits per heavy atom. The largest absolute Gasteiger partial charge is 0.322 e. The SMILES string of the molecule is Cc1cc(NC(=O)c2cc(-c3cccs3)nc3c2cnn3C(C)C)ccc1N1CCCC1=O. The van der Waals surface area contributed by atoms with E-state index in [1.807, 2.05) is 72.1 Å². The maximum atomic E-state index is 13.4. The van der Waals surface area contributed by atoms with E-state index in [1.54, 1.807) is 17.5 Å². The van der Waals surface area contributed by atoms with Crippen molar-refractivity contribution < 1.29 is 9.59 Å². The molecule has 4 heterocycles. The summed E-state index contributed by atoms with van der Waals surface area (Å²) >= 11 is 1.59. The molecule has 5 rings (SSSR count). The molecule has 0 bridgehead atoms. The van der Waals surface area contributed by atoms with Crippen molar-refractivity contribution in [1.29, 1.82) is 0 Å². The number of anilines is 2. The van der Waals surface area contributed by atoms with E-state index in [0.717, 1.165) is 40.2 Å². The van der Waals surface area contributed by atoms with Crippen LogP contribution in [0.3, 0.4) is 0 Å². The molecule has 0 unspecified atom stereocenters. The normalized spacial score (nSPS) is 13.9. The van der Waals surface area contributed by atoms with Gasteiger partial charge in [-0.2, -0.15) is 5.10 Å². The third-order valence-corrected chi connectivity index (χ3v) is 6.79. The van der Waals surface area contributed by atoms with Crippen molar-refractivity contribution in [1.82, 2.24) is 14.8 Å². The van der Waals surface area contributed by atoms with Crippen LogP contribution in [0.2, 0.25) is 0 Å². The van der Waals surface area contributed by atoms with Gasteiger partial charge in [0, 0.05) is 30.4 Å². The predicted molar refractivity (Wildman–Crippen MR) is 132 cm³/mol. The third kappa shape index (κ3) is 3.91. The van der Waals surface area contributed by atoms with E-state index < -0.39 is 0 Å². The summed E-state index contributed by atoms with van der Waals surface area (Å²) in [6.07, 6.45) is 3.18. The number of fused-ring (bicyclic) bond motifs is 1. The van der Waals surface area contributed by atoms with Crippen LogP contribution in [0.4, 0.5) is 11.4 Å². The van der Waals surface area contributed by atoms with Gasteiger partial charge in [0.15, 0.2) is 5.65 Å². The first kappa shape index (κ1) is 21.3. The number of hydrogen-bond acceptors (Lipinski definition) is 5. The molecule has 3 aromatic heterocycles. The van der Waals surface area contributed by atoms with Crippen LogP contribution >= 0.6 is 11.3 Å². The fourth-order valence-electron chi connectivity index (χ4n) is 4.27. The highest BCUT2D eigenvalue weighted by molar-refractivity contribution is 7.13. The summed E-state index contributed by atoms with van der Waals surface area (Å²) in [6.45, 7) is 6.79. The molecule has 1 aromatic carbocycles. The number of benzene rings is 1. The van der Waals surface area contributed by atoms with E-state index >= 15 is 0 Å². The van der Waals surface area contributed by atoms with Crippen molar-refractivity contribution in [3.63, 3.8) is 0 Å². The molecule has 7 nitrogen and oxygen atoms in total. The molecule has 1 aliphatic heterocycles. The highest BCUT2D eigenvalue weighted by Crippen LogP contribution is 2.31. The molecule has 4 aromatic rings. The lowest BCUT2D eigenvalue weighted by atomic mass is 10.1. The fourth-order valence-corrected chi connectivity index (χ4v) is 4.96. The number of nitrogens with one attached hydrogen (secondary N) is 1. The minimum atomic E-state index is -0.215. The lowest BCUT2D eigenvalue weighted by Crippen LogP contribution is -2.24. The van der Waals surface area contributed by atoms with E-state index in [4.69, 9.17) is 4.98 Å². The number of carbonyl (C=O) groups is 2. The van der Waals surface area contributed by atoms with Crippen LogP contribution < -0.4 is 10.2 Å². The second-order valence-electron chi connectivity index (χ2n) is 8.56. The standard InChI is InChI=1S/C25H25N5O2S/c1-15(2)30-24-19(14-26-30)18(13-20(28-24)22-6-5-11-33-22)25(32)27-17-8-9-21(16(3)12-17)29-10-4-7-23(29)31/h5-6,8-9,11-15H,4,7,10H2,1-3H3,(H,27,32). The van der Waals surface area contributed by atoms with Crippen LogP contribution in [0.1, 0.15) is 48.7 Å². The monoisotopic (exact) mass is 459 g/mol. The predicted octanol–water partition coefficient (Wildman–Crippen LogP) is 5.43. The van der Waals surface area contributed by atoms with Crippen molar-refractivity contribution in [2.75, 3.05) is 16.8 Å². The molecule has 1 saturated heterocycles. The van der Waals surface area contributed by atoms with Crippen LogP contribution in [-0.2, 0) is 4.79 Å². The van der Waals surface area contributed by atoms with Gasteiger partial charge >= 0.3 is 0 Å². The van der Waals surface area contributed by atoms with E-state index in [9.17, 15) is 9.59 Å². The molecule has 0 radical (unpaired) electrons. The van der Waals surface area contributed by atoms with Crippen molar-refractivity contribution in [3.8, 4) is 10.6 Å². The van der Waals surface area contributed by atoms with Gasteiger partial charge in [0.2, 0.25) is 5.91 Å². The molecule has 8 heteroatoms. The van der Waals surface area contributed by atoms with Gasteiger partial charge in [0.05, 0.1) is 27.7 Å². The molecule has 2 amide bonds. The summed E-state index contributed by atoms with van der Waals surface area (Å²) in [6, 6.07) is 11.6. The smallest absolute Gasteiger partial charge is 0.256 e. The maximum Gasteiger partial charge on any atom is 0.256 e. The Kier molecular flexibility index (Phi) is 5.46. The molecule has 33 heavy (non-hydrogen) atoms. The minimum Gasteiger partial charge on any atom is -0.322 e. The summed E-state index contributed by atoms with van der Waals surface area (Å²) in [5.74, 6) is -0.0646. The number of aryl methyl sites for hydroxylation is 1. The fraction of sp³-hybridized carbons (Fsp3) is 0.280. The highest BCUT2D eigenvalue weighted by Gasteiger charge is 2.23. The van der Waals surface area contributed by atoms with E-state index in [2.05, 4.69) is 10.4 Å². The lowest BCUT2D eigenvalue weighted by molar-refractivity contribution is -0.117. The number of rotatable bonds is 5. The first-order valence-electron chi connectivity index (χ1n) is 11.1. The first-order valence-corrected chi connectivity index (χ1v) is 11.9. The van der Waals surface area contributed by atoms with Gasteiger partial charge in [-0.25, -0.2) is 9.67 Å². The molecular weight excluding hydrogens is 434 g/mol. The average Bonchev–Trinajstić information content (AvgIpc) is 3.54. The summed E-state index contributed by atoms with van der Waals surface area (Å²) in [4.78, 5) is 33.2. The summed E-state index contributed by atoms with van der Waals surface area (Å²) < 4.78 is 1.84. The second kappa shape index (κ2) is 8.44. The lowest BCUT2D eigenvalue weighted by Gasteiger charge is -2.19. The average molecular weight is 460 g/mol.